The van der Waals surface area contributed by atoms with Gasteiger partial charge in [0.15, 0.2) is 0 Å². The van der Waals surface area contributed by atoms with Crippen molar-refractivity contribution < 1.29 is 0 Å². The third kappa shape index (κ3) is 6.07. The topological polar surface area (TPSA) is 6.48 Å². The molecule has 3 heterocycles. The first-order valence-corrected chi connectivity index (χ1v) is 24.2. The molecule has 5 aromatic carbocycles. The van der Waals surface area contributed by atoms with Crippen LogP contribution in [0.4, 0.5) is 34.1 Å². The molecule has 4 aliphatic carbocycles. The predicted molar refractivity (Wildman–Crippen MR) is 266 cm³/mol. The second-order valence-electron chi connectivity index (χ2n) is 24.2. The largest absolute Gasteiger partial charge is 0.311 e. The number of hydrogen-bond acceptors (Lipinski definition) is 3. The van der Waals surface area contributed by atoms with E-state index in [9.17, 15) is 0 Å². The number of thiophene rings is 1. The van der Waals surface area contributed by atoms with Crippen LogP contribution in [0.3, 0.4) is 0 Å². The molecule has 0 N–H and O–H groups in total. The third-order valence-electron chi connectivity index (χ3n) is 15.9. The maximum absolute atomic E-state index is 2.73. The van der Waals surface area contributed by atoms with Crippen LogP contribution in [0.25, 0.3) is 10.1 Å². The van der Waals surface area contributed by atoms with Crippen molar-refractivity contribution in [3.05, 3.63) is 125 Å². The Morgan fingerprint density at radius 1 is 0.525 bits per heavy atom. The van der Waals surface area contributed by atoms with E-state index in [2.05, 4.69) is 190 Å². The standard InChI is InChI=1S/C57H65BN2S/c1-53(2,3)37-13-19-42(20-14-37)59-46-28-40(56(10,11)12)17-23-45(46)58-50-47(59)29-41(57-31-34-25-35(32-57)36(26-34)33-57)30-48(50)60(43-21-15-38(16-22-43)54(4,5)6)51-44-27-39(55(7,8)9)18-24-49(44)61-52(51)58/h13-24,27-30,34-36H,25-26,31-33H2,1-12H3. The average Bonchev–Trinajstić information content (AvgIpc) is 3.80. The second-order valence-corrected chi connectivity index (χ2v) is 25.3. The summed E-state index contributed by atoms with van der Waals surface area (Å²) in [6.45, 7) is 28.3. The Morgan fingerprint density at radius 2 is 1.02 bits per heavy atom. The Labute approximate surface area is 370 Å². The average molecular weight is 821 g/mol. The number of hydrogen-bond donors (Lipinski definition) is 0. The molecule has 4 heteroatoms. The lowest BCUT2D eigenvalue weighted by Gasteiger charge is -2.46. The van der Waals surface area contributed by atoms with Crippen molar-refractivity contribution in [3.63, 3.8) is 0 Å². The number of fused-ring (bicyclic) bond motifs is 6. The monoisotopic (exact) mass is 820 g/mol. The van der Waals surface area contributed by atoms with Crippen LogP contribution >= 0.6 is 11.3 Å². The Balaban J connectivity index is 1.25. The molecule has 4 fully saturated rings. The highest BCUT2D eigenvalue weighted by molar-refractivity contribution is 7.33. The van der Waals surface area contributed by atoms with Gasteiger partial charge in [-0.15, -0.1) is 11.3 Å². The van der Waals surface area contributed by atoms with Gasteiger partial charge in [0.2, 0.25) is 0 Å². The Morgan fingerprint density at radius 3 is 1.56 bits per heavy atom. The molecule has 2 nitrogen and oxygen atoms in total. The highest BCUT2D eigenvalue weighted by Crippen LogP contribution is 2.65. The first-order valence-electron chi connectivity index (χ1n) is 23.4. The molecule has 1 aromatic heterocycles. The lowest BCUT2D eigenvalue weighted by atomic mass is 9.36. The van der Waals surface area contributed by atoms with E-state index in [0.717, 1.165) is 17.8 Å². The van der Waals surface area contributed by atoms with Gasteiger partial charge in [-0.3, -0.25) is 0 Å². The van der Waals surface area contributed by atoms with Crippen LogP contribution in [0.15, 0.2) is 97.1 Å². The van der Waals surface area contributed by atoms with E-state index >= 15 is 0 Å². The Hall–Kier alpha value is -4.28. The van der Waals surface area contributed by atoms with Gasteiger partial charge in [0, 0.05) is 43.3 Å². The molecule has 2 unspecified atom stereocenters. The molecule has 61 heavy (non-hydrogen) atoms. The van der Waals surface area contributed by atoms with E-state index in [4.69, 9.17) is 0 Å². The van der Waals surface area contributed by atoms with Gasteiger partial charge in [-0.1, -0.05) is 126 Å². The van der Waals surface area contributed by atoms with Crippen molar-refractivity contribution in [3.8, 4) is 0 Å². The summed E-state index contributed by atoms with van der Waals surface area (Å²) in [5, 5.41) is 1.39. The summed E-state index contributed by atoms with van der Waals surface area (Å²) >= 11 is 2.03. The zero-order valence-corrected chi connectivity index (χ0v) is 39.7. The highest BCUT2D eigenvalue weighted by Gasteiger charge is 2.57. The van der Waals surface area contributed by atoms with Gasteiger partial charge in [-0.05, 0) is 170 Å². The van der Waals surface area contributed by atoms with Crippen molar-refractivity contribution in [2.45, 2.75) is 142 Å². The van der Waals surface area contributed by atoms with E-state index in [1.54, 1.807) is 5.56 Å². The summed E-state index contributed by atoms with van der Waals surface area (Å²) in [6, 6.07) is 39.6. The van der Waals surface area contributed by atoms with Crippen LogP contribution in [0, 0.1) is 17.8 Å². The smallest absolute Gasteiger partial charge is 0.264 e. The fourth-order valence-corrected chi connectivity index (χ4v) is 13.9. The maximum Gasteiger partial charge on any atom is 0.264 e. The molecule has 6 aromatic rings. The molecule has 0 radical (unpaired) electrons. The molecule has 4 bridgehead atoms. The number of nitrogens with zero attached hydrogens (tertiary/aromatic N) is 2. The number of rotatable bonds is 3. The fourth-order valence-electron chi connectivity index (χ4n) is 12.6. The summed E-state index contributed by atoms with van der Waals surface area (Å²) in [5.74, 6) is 2.65. The minimum absolute atomic E-state index is 0.0136. The zero-order valence-electron chi connectivity index (χ0n) is 38.9. The lowest BCUT2D eigenvalue weighted by molar-refractivity contribution is 0.229. The molecule has 0 saturated heterocycles. The number of anilines is 6. The first-order chi connectivity index (χ1) is 28.7. The fraction of sp³-hybridized carbons (Fsp3) is 0.439. The number of benzene rings is 5. The van der Waals surface area contributed by atoms with E-state index in [1.807, 2.05) is 11.3 Å². The van der Waals surface area contributed by atoms with Crippen LogP contribution in [0.5, 0.6) is 0 Å². The van der Waals surface area contributed by atoms with Gasteiger partial charge >= 0.3 is 0 Å². The Bertz CT molecular complexity index is 2720. The molecule has 0 spiro atoms. The Kier molecular flexibility index (Phi) is 8.37. The predicted octanol–water partition coefficient (Wildman–Crippen LogP) is 14.3. The zero-order chi connectivity index (χ0) is 42.8. The minimum atomic E-state index is 0.0136. The SMILES string of the molecule is CC(C)(C)c1ccc(N2c3cc(C(C)(C)C)ccc3B3c4sc5ccc(C(C)(C)C)cc5c4N(c4ccc(C(C)(C)C)cc4)c4cc(C56CC7CC(C5)C(C7)C6)cc2c43)cc1. The van der Waals surface area contributed by atoms with E-state index in [1.165, 1.54) is 114 Å². The van der Waals surface area contributed by atoms with Crippen LogP contribution < -0.4 is 25.5 Å². The van der Waals surface area contributed by atoms with Crippen LogP contribution in [0.2, 0.25) is 0 Å². The van der Waals surface area contributed by atoms with Crippen molar-refractivity contribution >= 4 is 78.0 Å². The van der Waals surface area contributed by atoms with Gasteiger partial charge in [-0.2, -0.15) is 0 Å². The third-order valence-corrected chi connectivity index (χ3v) is 17.1. The van der Waals surface area contributed by atoms with Gasteiger partial charge < -0.3 is 9.80 Å². The van der Waals surface area contributed by atoms with E-state index in [0.29, 0.717) is 0 Å². The van der Waals surface area contributed by atoms with E-state index < -0.39 is 0 Å². The molecule has 312 valence electrons. The van der Waals surface area contributed by atoms with Crippen molar-refractivity contribution in [2.24, 2.45) is 17.8 Å². The van der Waals surface area contributed by atoms with Crippen LogP contribution in [-0.4, -0.2) is 6.71 Å². The molecule has 12 rings (SSSR count). The van der Waals surface area contributed by atoms with Crippen molar-refractivity contribution in [1.82, 2.24) is 0 Å². The lowest BCUT2D eigenvalue weighted by Crippen LogP contribution is -2.60. The summed E-state index contributed by atoms with van der Waals surface area (Å²) in [6.07, 6.45) is 6.95. The minimum Gasteiger partial charge on any atom is -0.311 e. The van der Waals surface area contributed by atoms with Gasteiger partial charge in [0.25, 0.3) is 6.71 Å². The van der Waals surface area contributed by atoms with E-state index in [-0.39, 0.29) is 33.8 Å². The van der Waals surface area contributed by atoms with Crippen LogP contribution in [-0.2, 0) is 27.1 Å². The molecule has 2 aliphatic heterocycles. The molecule has 0 amide bonds. The summed E-state index contributed by atoms with van der Waals surface area (Å²) in [7, 11) is 0. The van der Waals surface area contributed by atoms with Crippen LogP contribution in [0.1, 0.15) is 143 Å². The van der Waals surface area contributed by atoms with Crippen molar-refractivity contribution in [2.75, 3.05) is 9.80 Å². The van der Waals surface area contributed by atoms with Crippen molar-refractivity contribution in [1.29, 1.82) is 0 Å². The molecule has 2 atom stereocenters. The first kappa shape index (κ1) is 39.6. The summed E-state index contributed by atoms with van der Waals surface area (Å²) < 4.78 is 2.84. The molecular weight excluding hydrogens is 756 g/mol. The molecular formula is C57H65BN2S. The van der Waals surface area contributed by atoms with Gasteiger partial charge in [-0.25, -0.2) is 0 Å². The summed E-state index contributed by atoms with van der Waals surface area (Å²) in [4.78, 5) is 5.42. The normalized spacial score (nSPS) is 22.9. The van der Waals surface area contributed by atoms with Gasteiger partial charge in [0.1, 0.15) is 0 Å². The maximum atomic E-state index is 2.73. The summed E-state index contributed by atoms with van der Waals surface area (Å²) in [5.41, 5.74) is 18.4. The quantitative estimate of drug-likeness (QED) is 0.164. The van der Waals surface area contributed by atoms with Gasteiger partial charge in [0.05, 0.1) is 5.69 Å². The molecule has 6 aliphatic rings. The molecule has 4 saturated carbocycles. The highest BCUT2D eigenvalue weighted by atomic mass is 32.1. The second kappa shape index (κ2) is 12.9.